The molecule has 0 radical (unpaired) electrons. The Morgan fingerprint density at radius 3 is 1.01 bits per heavy atom. The molecule has 7 aromatic rings. The molecule has 1 aliphatic rings. The van der Waals surface area contributed by atoms with Gasteiger partial charge in [-0.25, -0.2) is 24.0 Å². The highest BCUT2D eigenvalue weighted by atomic mass is 32.2. The zero-order valence-corrected chi connectivity index (χ0v) is 87.0. The number of amides is 6. The molecule has 1 aliphatic heterocycles. The number of rotatable bonds is 41. The van der Waals surface area contributed by atoms with Crippen molar-refractivity contribution in [3.05, 3.63) is 212 Å². The number of aromatic hydroxyl groups is 1. The van der Waals surface area contributed by atoms with E-state index in [4.69, 9.17) is 47.4 Å². The normalized spacial score (nSPS) is 14.3. The fourth-order valence-corrected chi connectivity index (χ4v) is 16.0. The summed E-state index contributed by atoms with van der Waals surface area (Å²) in [5.41, 5.74) is -0.389. The van der Waals surface area contributed by atoms with Crippen LogP contribution in [0.5, 0.6) is 5.75 Å². The molecule has 754 valence electrons. The van der Waals surface area contributed by atoms with Gasteiger partial charge in [-0.3, -0.25) is 28.8 Å². The number of unbranched alkanes of at least 4 members (excludes halogenated alkanes) is 1. The van der Waals surface area contributed by atoms with E-state index in [1.807, 2.05) is 251 Å². The van der Waals surface area contributed by atoms with Gasteiger partial charge >= 0.3 is 29.8 Å². The lowest BCUT2D eigenvalue weighted by atomic mass is 9.99. The fourth-order valence-electron chi connectivity index (χ4n) is 11.6. The second-order valence-electron chi connectivity index (χ2n) is 33.3. The summed E-state index contributed by atoms with van der Waals surface area (Å²) in [5, 5.41) is 26.2. The zero-order chi connectivity index (χ0) is 101. The summed E-state index contributed by atoms with van der Waals surface area (Å²) >= 11 is 8.70. The highest BCUT2D eigenvalue weighted by molar-refractivity contribution is 8.01. The molecule has 7 N–H and O–H groups in total. The Morgan fingerprint density at radius 2 is 0.679 bits per heavy atom. The van der Waals surface area contributed by atoms with Crippen molar-refractivity contribution in [1.29, 1.82) is 0 Å². The third-order valence-electron chi connectivity index (χ3n) is 19.0. The number of carbonyl (C=O) groups is 11. The minimum absolute atomic E-state index is 0.0236. The maximum absolute atomic E-state index is 12.5. The second kappa shape index (κ2) is 72.7. The Hall–Kier alpha value is -9.59. The highest BCUT2D eigenvalue weighted by Crippen LogP contribution is 2.25. The van der Waals surface area contributed by atoms with Crippen LogP contribution in [0.25, 0.3) is 0 Å². The first-order valence-corrected chi connectivity index (χ1v) is 51.7. The van der Waals surface area contributed by atoms with Crippen LogP contribution in [0.1, 0.15) is 134 Å². The molecular weight excluding hydrogens is 1870 g/mol. The SMILES string of the molecule is CC(C)(C)OC(=O)C(Cc1ccc(O)cc1)NC(=O)CSc1ccccc1.CCCCC(NC(=O)CSc1ccccc1)C(=O)OC.CC[C@H](C)[C@H](NC(=O)CSc1ccccc1)C(=O)OC.CC[C@H](C)[C@H](NC(=O)CSc1ccccc1)C(=O)OC(C)(C)C.COC(=O)[C@@H](CC(C)C)NC(=O)CSc1ccccc1.O=C(CSc1ccccc1)NCC1COCCOCCOCCOCCO1. The number of hydrogen-bond acceptors (Lipinski definition) is 28. The predicted octanol–water partition coefficient (Wildman–Crippen LogP) is 16.2. The summed E-state index contributed by atoms with van der Waals surface area (Å²) in [6.07, 6.45) is 4.70. The number of nitrogens with one attached hydrogen (secondary N) is 6. The number of hydrogen-bond donors (Lipinski definition) is 7. The summed E-state index contributed by atoms with van der Waals surface area (Å²) in [4.78, 5) is 138. The average molecular weight is 2010 g/mol. The third-order valence-corrected chi connectivity index (χ3v) is 25.1. The van der Waals surface area contributed by atoms with Gasteiger partial charge in [0.05, 0.1) is 121 Å². The van der Waals surface area contributed by atoms with Crippen molar-refractivity contribution in [2.24, 2.45) is 17.8 Å². The Morgan fingerprint density at radius 1 is 0.372 bits per heavy atom. The van der Waals surface area contributed by atoms with Gasteiger partial charge in [0.2, 0.25) is 35.4 Å². The summed E-state index contributed by atoms with van der Waals surface area (Å²) in [5.74, 6) is -0.645. The van der Waals surface area contributed by atoms with Crippen LogP contribution < -0.4 is 31.9 Å². The van der Waals surface area contributed by atoms with Crippen LogP contribution in [0.4, 0.5) is 0 Å². The lowest BCUT2D eigenvalue weighted by Gasteiger charge is -2.27. The fraction of sp³-hybridized carbons (Fsp3) is 0.485. The van der Waals surface area contributed by atoms with E-state index in [1.165, 1.54) is 91.9 Å². The maximum Gasteiger partial charge on any atom is 0.329 e. The van der Waals surface area contributed by atoms with Gasteiger partial charge in [0, 0.05) is 42.3 Å². The van der Waals surface area contributed by atoms with E-state index in [9.17, 15) is 57.8 Å². The number of esters is 5. The van der Waals surface area contributed by atoms with Gasteiger partial charge in [-0.05, 0) is 163 Å². The molecule has 28 nitrogen and oxygen atoms in total. The van der Waals surface area contributed by atoms with Crippen LogP contribution in [0, 0.1) is 17.8 Å². The Balaban J connectivity index is 0.000000425. The molecule has 8 rings (SSSR count). The number of thioether (sulfide) groups is 6. The monoisotopic (exact) mass is 2010 g/mol. The van der Waals surface area contributed by atoms with Gasteiger partial charge < -0.3 is 84.4 Å². The number of phenolic OH excluding ortho intramolecular Hbond substituents is 1. The molecule has 7 aromatic carbocycles. The van der Waals surface area contributed by atoms with Gasteiger partial charge in [0.1, 0.15) is 47.2 Å². The quantitative estimate of drug-likeness (QED) is 0.0106. The predicted molar refractivity (Wildman–Crippen MR) is 546 cm³/mol. The Labute approximate surface area is 836 Å². The first-order chi connectivity index (χ1) is 65.6. The van der Waals surface area contributed by atoms with Gasteiger partial charge in [0.25, 0.3) is 0 Å². The zero-order valence-electron chi connectivity index (χ0n) is 82.1. The number of benzene rings is 7. The van der Waals surface area contributed by atoms with Crippen LogP contribution >= 0.6 is 70.6 Å². The van der Waals surface area contributed by atoms with Crippen LogP contribution in [0.15, 0.2) is 236 Å². The van der Waals surface area contributed by atoms with Crippen molar-refractivity contribution in [2.45, 2.75) is 212 Å². The largest absolute Gasteiger partial charge is 0.508 e. The standard InChI is InChI=1S/C21H25NO4S.C19H29NO6S.C18H27NO3S.3C15H21NO3S/c1-21(2,3)26-20(25)18(13-15-9-11-16(23)12-10-15)22-19(24)14-27-17-7-5-4-6-8-17;21-19(16-27-18-4-2-1-3-5-18)20-14-17-15-25-11-10-23-7-6-22-8-9-24-12-13-26-17;1-6-13(2)16(17(21)22-18(3,4)5)19-15(20)12-23-14-10-8-7-9-11-14;1-11(2)9-13(15(18)19-3)16-14(17)10-20-12-7-5-4-6-8-12;1-4-11(2)14(15(18)19-3)16-13(17)10-20-12-8-6-5-7-9-12;1-3-4-10-13(15(18)19-2)16-14(17)11-20-12-8-6-5-7-9-12/h4-12,18,23H,13-14H2,1-3H3,(H,22,24);1-5,17H,6-16H2,(H,20,21);7-11,13,16H,6,12H2,1-5H3,(H,19,20);4-8,11,13H,9-10H2,1-3H3,(H,16,17);5-9,11,14H,4,10H2,1-3H3,(H,16,17);5-9,13H,3-4,10-11H2,1-2H3,(H,16,17)/t;;13-,16-;13-;11-,14-;/m..010./s1. The summed E-state index contributed by atoms with van der Waals surface area (Å²) in [6.45, 7) is 29.6. The molecule has 0 spiro atoms. The summed E-state index contributed by atoms with van der Waals surface area (Å²) in [7, 11) is 4.01. The molecule has 34 heteroatoms. The minimum atomic E-state index is -0.794. The molecule has 0 aromatic heterocycles. The molecule has 137 heavy (non-hydrogen) atoms. The van der Waals surface area contributed by atoms with E-state index in [0.717, 1.165) is 60.6 Å². The molecular formula is C103H144N6O22S6. The van der Waals surface area contributed by atoms with E-state index in [2.05, 4.69) is 31.9 Å². The molecule has 8 atom stereocenters. The lowest BCUT2D eigenvalue weighted by Crippen LogP contribution is -2.48. The minimum Gasteiger partial charge on any atom is -0.508 e. The third kappa shape index (κ3) is 60.1. The number of carbonyl (C=O) groups excluding carboxylic acids is 11. The molecule has 6 amide bonds. The van der Waals surface area contributed by atoms with Crippen molar-refractivity contribution >= 4 is 136 Å². The van der Waals surface area contributed by atoms with Crippen molar-refractivity contribution in [1.82, 2.24) is 31.9 Å². The topological polar surface area (TPSA) is 372 Å². The number of methoxy groups -OCH3 is 3. The van der Waals surface area contributed by atoms with E-state index >= 15 is 0 Å². The van der Waals surface area contributed by atoms with Gasteiger partial charge in [-0.15, -0.1) is 70.6 Å². The maximum atomic E-state index is 12.5. The van der Waals surface area contributed by atoms with Gasteiger partial charge in [0.15, 0.2) is 0 Å². The first kappa shape index (κ1) is 122. The molecule has 3 unspecified atom stereocenters. The van der Waals surface area contributed by atoms with Crippen molar-refractivity contribution in [3.8, 4) is 5.75 Å². The number of ether oxygens (including phenoxy) is 10. The van der Waals surface area contributed by atoms with Crippen molar-refractivity contribution in [2.75, 3.05) is 122 Å². The smallest absolute Gasteiger partial charge is 0.329 e. The summed E-state index contributed by atoms with van der Waals surface area (Å²) < 4.78 is 52.6. The van der Waals surface area contributed by atoms with Crippen molar-refractivity contribution < 1.29 is 105 Å². The number of phenols is 1. The van der Waals surface area contributed by atoms with Gasteiger partial charge in [-0.2, -0.15) is 0 Å². The molecule has 0 saturated carbocycles. The highest BCUT2D eigenvalue weighted by Gasteiger charge is 2.33. The molecule has 0 bridgehead atoms. The van der Waals surface area contributed by atoms with E-state index in [0.29, 0.717) is 96.3 Å². The first-order valence-electron chi connectivity index (χ1n) is 45.8. The summed E-state index contributed by atoms with van der Waals surface area (Å²) in [6, 6.07) is 61.7. The van der Waals surface area contributed by atoms with Crippen LogP contribution in [-0.4, -0.2) is 240 Å². The second-order valence-corrected chi connectivity index (χ2v) is 39.6. The van der Waals surface area contributed by atoms with E-state index in [1.54, 1.807) is 45.0 Å². The molecule has 0 aliphatic carbocycles. The Bertz CT molecular complexity index is 4500. The molecule has 1 fully saturated rings. The van der Waals surface area contributed by atoms with Crippen molar-refractivity contribution in [3.63, 3.8) is 0 Å². The van der Waals surface area contributed by atoms with Crippen LogP contribution in [-0.2, 0) is 107 Å². The van der Waals surface area contributed by atoms with E-state index in [-0.39, 0.29) is 101 Å². The average Bonchev–Trinajstić information content (AvgIpc) is 0.891. The van der Waals surface area contributed by atoms with Gasteiger partial charge in [-0.1, -0.05) is 195 Å². The van der Waals surface area contributed by atoms with Crippen LogP contribution in [0.3, 0.4) is 0 Å². The van der Waals surface area contributed by atoms with E-state index < -0.39 is 59.3 Å². The molecule has 1 heterocycles. The lowest BCUT2D eigenvalue weighted by molar-refractivity contribution is -0.160. The van der Waals surface area contributed by atoms with Crippen LogP contribution in [0.2, 0.25) is 0 Å². The Kier molecular flexibility index (Phi) is 64.5. The molecule has 1 saturated heterocycles.